The summed E-state index contributed by atoms with van der Waals surface area (Å²) >= 11 is 0. The van der Waals surface area contributed by atoms with Crippen LogP contribution in [0.2, 0.25) is 0 Å². The molecule has 1 saturated heterocycles. The SMILES string of the molecule is CCCCC/C=C\C/C=C\C/C=C\C/C=C\C/C=C\CCC(=O)O[C@H](COC(=O)CCCC1OC1C/C=C\C/C=C\C/C=C\CCCCC)COP(=O)(O)OC[C@@H](O)CO. The number of esters is 2. The minimum atomic E-state index is -4.67. The molecule has 0 amide bonds. The molecule has 340 valence electrons. The summed E-state index contributed by atoms with van der Waals surface area (Å²) < 4.78 is 38.4. The van der Waals surface area contributed by atoms with Crippen LogP contribution in [0, 0.1) is 0 Å². The fourth-order valence-corrected chi connectivity index (χ4v) is 6.38. The van der Waals surface area contributed by atoms with Crippen LogP contribution in [0.3, 0.4) is 0 Å². The van der Waals surface area contributed by atoms with Crippen molar-refractivity contribution in [3.05, 3.63) is 97.2 Å². The van der Waals surface area contributed by atoms with Crippen molar-refractivity contribution in [2.45, 2.75) is 167 Å². The molecule has 0 aromatic rings. The van der Waals surface area contributed by atoms with Gasteiger partial charge in [-0.05, 0) is 89.9 Å². The first-order chi connectivity index (χ1) is 29.2. The number of carbonyl (C=O) groups excluding carboxylic acids is 2. The van der Waals surface area contributed by atoms with E-state index in [4.69, 9.17) is 23.8 Å². The number of aliphatic hydroxyl groups is 2. The smallest absolute Gasteiger partial charge is 0.462 e. The Balaban J connectivity index is 2.37. The maximum absolute atomic E-state index is 12.6. The number of aliphatic hydroxyl groups excluding tert-OH is 2. The van der Waals surface area contributed by atoms with E-state index in [9.17, 15) is 24.2 Å². The highest BCUT2D eigenvalue weighted by Crippen LogP contribution is 2.43. The third kappa shape index (κ3) is 35.6. The van der Waals surface area contributed by atoms with Crippen LogP contribution in [0.15, 0.2) is 97.2 Å². The van der Waals surface area contributed by atoms with E-state index < -0.39 is 51.8 Å². The third-order valence-corrected chi connectivity index (χ3v) is 10.1. The molecule has 1 rings (SSSR count). The van der Waals surface area contributed by atoms with Crippen LogP contribution in [-0.4, -0.2) is 77.9 Å². The fraction of sp³-hybridized carbons (Fsp3) is 0.625. The minimum Gasteiger partial charge on any atom is -0.462 e. The van der Waals surface area contributed by atoms with Crippen LogP contribution in [-0.2, 0) is 37.4 Å². The molecule has 1 fully saturated rings. The fourth-order valence-electron chi connectivity index (χ4n) is 5.59. The molecular weight excluding hydrogens is 783 g/mol. The molecule has 3 N–H and O–H groups in total. The lowest BCUT2D eigenvalue weighted by molar-refractivity contribution is -0.161. The highest BCUT2D eigenvalue weighted by Gasteiger charge is 2.36. The number of ether oxygens (including phenoxy) is 3. The van der Waals surface area contributed by atoms with Crippen molar-refractivity contribution in [1.82, 2.24) is 0 Å². The molecule has 1 aliphatic heterocycles. The molecule has 11 nitrogen and oxygen atoms in total. The molecule has 1 aliphatic rings. The van der Waals surface area contributed by atoms with Gasteiger partial charge in [-0.25, -0.2) is 4.57 Å². The van der Waals surface area contributed by atoms with Crippen LogP contribution in [0.4, 0.5) is 0 Å². The van der Waals surface area contributed by atoms with Crippen LogP contribution in [0.1, 0.15) is 142 Å². The van der Waals surface area contributed by atoms with Gasteiger partial charge < -0.3 is 29.3 Å². The van der Waals surface area contributed by atoms with Gasteiger partial charge in [-0.3, -0.25) is 18.6 Å². The lowest BCUT2D eigenvalue weighted by Gasteiger charge is -2.20. The molecule has 5 atom stereocenters. The maximum Gasteiger partial charge on any atom is 0.472 e. The summed E-state index contributed by atoms with van der Waals surface area (Å²) in [5.74, 6) is -1.11. The number of hydrogen-bond acceptors (Lipinski definition) is 10. The van der Waals surface area contributed by atoms with Crippen molar-refractivity contribution < 1.29 is 52.5 Å². The van der Waals surface area contributed by atoms with E-state index in [-0.39, 0.29) is 31.7 Å². The molecular formula is C48H77O11P. The van der Waals surface area contributed by atoms with Crippen molar-refractivity contribution in [1.29, 1.82) is 0 Å². The second kappa shape index (κ2) is 38.7. The summed E-state index contributed by atoms with van der Waals surface area (Å²) in [4.78, 5) is 35.1. The van der Waals surface area contributed by atoms with Gasteiger partial charge >= 0.3 is 19.8 Å². The molecule has 1 heterocycles. The van der Waals surface area contributed by atoms with E-state index in [1.807, 2.05) is 12.2 Å². The van der Waals surface area contributed by atoms with E-state index in [0.717, 1.165) is 57.8 Å². The van der Waals surface area contributed by atoms with Gasteiger partial charge in [0.1, 0.15) is 12.7 Å². The van der Waals surface area contributed by atoms with Gasteiger partial charge in [0, 0.05) is 12.8 Å². The van der Waals surface area contributed by atoms with Crippen LogP contribution < -0.4 is 0 Å². The Kier molecular flexibility index (Phi) is 35.4. The van der Waals surface area contributed by atoms with E-state index in [1.54, 1.807) is 0 Å². The predicted octanol–water partition coefficient (Wildman–Crippen LogP) is 11.0. The number of hydrogen-bond donors (Lipinski definition) is 3. The van der Waals surface area contributed by atoms with Crippen molar-refractivity contribution in [3.63, 3.8) is 0 Å². The van der Waals surface area contributed by atoms with Gasteiger partial charge in [-0.15, -0.1) is 0 Å². The number of epoxide rings is 1. The standard InChI is InChI=1S/C48H77O11P/c1-3-5-7-9-11-13-15-17-18-19-20-21-22-23-25-27-29-31-33-37-48(52)58-44(42-57-60(53,54)56-40-43(50)39-49)41-55-47(51)38-34-36-46-45(59-46)35-32-30-28-26-24-16-14-12-10-8-6-4-2/h11-14,17-18,20-21,23-26,29-32,43-46,49-50H,3-10,15-16,19,22,27-28,33-42H2,1-2H3,(H,53,54)/b13-11-,14-12-,18-17-,21-20-,25-23-,26-24-,31-29-,32-30-/t43-,44+,45?,46?/m0/s1. The summed E-state index contributed by atoms with van der Waals surface area (Å²) in [5, 5.41) is 18.4. The Bertz CT molecular complexity index is 1380. The average Bonchev–Trinajstić information content (AvgIpc) is 3.99. The molecule has 0 spiro atoms. The second-order valence-electron chi connectivity index (χ2n) is 14.7. The minimum absolute atomic E-state index is 0.0385. The van der Waals surface area contributed by atoms with Crippen molar-refractivity contribution in [2.24, 2.45) is 0 Å². The van der Waals surface area contributed by atoms with E-state index in [1.165, 1.54) is 38.5 Å². The zero-order valence-electron chi connectivity index (χ0n) is 36.6. The molecule has 12 heteroatoms. The Hall–Kier alpha value is -3.15. The van der Waals surface area contributed by atoms with Gasteiger partial charge in [0.15, 0.2) is 6.10 Å². The average molecular weight is 861 g/mol. The van der Waals surface area contributed by atoms with Crippen LogP contribution in [0.25, 0.3) is 0 Å². The summed E-state index contributed by atoms with van der Waals surface area (Å²) in [6.07, 6.45) is 49.8. The Labute approximate surface area is 361 Å². The number of carbonyl (C=O) groups is 2. The van der Waals surface area contributed by atoms with Gasteiger partial charge in [-0.1, -0.05) is 137 Å². The van der Waals surface area contributed by atoms with Gasteiger partial charge in [0.2, 0.25) is 0 Å². The molecule has 60 heavy (non-hydrogen) atoms. The lowest BCUT2D eigenvalue weighted by Crippen LogP contribution is -2.29. The van der Waals surface area contributed by atoms with Gasteiger partial charge in [0.25, 0.3) is 0 Å². The summed E-state index contributed by atoms with van der Waals surface area (Å²) in [6.45, 7) is 2.13. The number of allylic oxidation sites excluding steroid dienone is 15. The molecule has 0 saturated carbocycles. The molecule has 0 aromatic heterocycles. The number of rotatable bonds is 39. The molecule has 0 aromatic carbocycles. The lowest BCUT2D eigenvalue weighted by atomic mass is 10.1. The first kappa shape index (κ1) is 54.9. The Morgan fingerprint density at radius 3 is 1.60 bits per heavy atom. The Morgan fingerprint density at radius 1 is 0.600 bits per heavy atom. The topological polar surface area (TPSA) is 161 Å². The number of phosphoric acid groups is 1. The number of unbranched alkanes of at least 4 members (excludes halogenated alkanes) is 6. The quantitative estimate of drug-likeness (QED) is 0.0177. The van der Waals surface area contributed by atoms with Crippen molar-refractivity contribution in [2.75, 3.05) is 26.4 Å². The van der Waals surface area contributed by atoms with Crippen LogP contribution in [0.5, 0.6) is 0 Å². The van der Waals surface area contributed by atoms with Crippen molar-refractivity contribution in [3.8, 4) is 0 Å². The van der Waals surface area contributed by atoms with E-state index in [2.05, 4.69) is 103 Å². The largest absolute Gasteiger partial charge is 0.472 e. The van der Waals surface area contributed by atoms with E-state index in [0.29, 0.717) is 19.3 Å². The Morgan fingerprint density at radius 2 is 1.08 bits per heavy atom. The first-order valence-corrected chi connectivity index (χ1v) is 23.8. The molecule has 0 aliphatic carbocycles. The molecule has 3 unspecified atom stereocenters. The second-order valence-corrected chi connectivity index (χ2v) is 16.2. The normalized spacial score (nSPS) is 18.1. The molecule has 0 bridgehead atoms. The monoisotopic (exact) mass is 861 g/mol. The third-order valence-electron chi connectivity index (χ3n) is 9.15. The van der Waals surface area contributed by atoms with Gasteiger partial charge in [0.05, 0.1) is 32.0 Å². The van der Waals surface area contributed by atoms with Crippen molar-refractivity contribution >= 4 is 19.8 Å². The first-order valence-electron chi connectivity index (χ1n) is 22.3. The highest BCUT2D eigenvalue weighted by molar-refractivity contribution is 7.47. The zero-order chi connectivity index (χ0) is 43.8. The predicted molar refractivity (Wildman–Crippen MR) is 241 cm³/mol. The summed E-state index contributed by atoms with van der Waals surface area (Å²) in [6, 6.07) is 0. The highest BCUT2D eigenvalue weighted by atomic mass is 31.2. The molecule has 0 radical (unpaired) electrons. The van der Waals surface area contributed by atoms with Gasteiger partial charge in [-0.2, -0.15) is 0 Å². The van der Waals surface area contributed by atoms with Crippen LogP contribution >= 0.6 is 7.82 Å². The number of phosphoric ester groups is 1. The van der Waals surface area contributed by atoms with E-state index >= 15 is 0 Å². The summed E-state index contributed by atoms with van der Waals surface area (Å²) in [5.41, 5.74) is 0. The summed E-state index contributed by atoms with van der Waals surface area (Å²) in [7, 11) is -4.67. The maximum atomic E-state index is 12.6. The zero-order valence-corrected chi connectivity index (χ0v) is 37.5.